The van der Waals surface area contributed by atoms with E-state index < -0.39 is 23.5 Å². The van der Waals surface area contributed by atoms with Gasteiger partial charge in [0.1, 0.15) is 11.6 Å². The van der Waals surface area contributed by atoms with Crippen LogP contribution in [0.3, 0.4) is 0 Å². The summed E-state index contributed by atoms with van der Waals surface area (Å²) in [5.41, 5.74) is 4.36. The zero-order valence-electron chi connectivity index (χ0n) is 10.9. The first-order valence-electron chi connectivity index (χ1n) is 5.31. The van der Waals surface area contributed by atoms with Gasteiger partial charge in [-0.05, 0) is 21.0 Å². The Labute approximate surface area is 115 Å². The van der Waals surface area contributed by atoms with E-state index in [2.05, 4.69) is 0 Å². The largest absolute Gasteiger partial charge is 0.480 e. The van der Waals surface area contributed by atoms with Crippen LogP contribution in [0.5, 0.6) is 0 Å². The van der Waals surface area contributed by atoms with E-state index in [1.54, 1.807) is 32.8 Å². The zero-order valence-corrected chi connectivity index (χ0v) is 12.5. The fourth-order valence-corrected chi connectivity index (χ4v) is 4.03. The first-order chi connectivity index (χ1) is 8.13. The van der Waals surface area contributed by atoms with E-state index >= 15 is 0 Å². The summed E-state index contributed by atoms with van der Waals surface area (Å²) >= 11 is 0. The van der Waals surface area contributed by atoms with Gasteiger partial charge >= 0.3 is 11.9 Å². The van der Waals surface area contributed by atoms with E-state index in [-0.39, 0.29) is 11.0 Å². The van der Waals surface area contributed by atoms with Crippen molar-refractivity contribution in [2.24, 2.45) is 5.73 Å². The molecule has 0 rings (SSSR count). The van der Waals surface area contributed by atoms with Crippen molar-refractivity contribution in [3.63, 3.8) is 0 Å². The van der Waals surface area contributed by atoms with Crippen LogP contribution in [-0.4, -0.2) is 63.7 Å². The fraction of sp³-hybridized carbons (Fsp3) is 0.800. The third kappa shape index (κ3) is 4.34. The van der Waals surface area contributed by atoms with E-state index in [0.717, 1.165) is 0 Å². The first-order valence-corrected chi connectivity index (χ1v) is 7.69. The molecule has 106 valence electrons. The normalized spacial score (nSPS) is 18.1. The molecule has 6 nitrogen and oxygen atoms in total. The van der Waals surface area contributed by atoms with Crippen molar-refractivity contribution in [2.45, 2.75) is 30.7 Å². The van der Waals surface area contributed by atoms with Gasteiger partial charge in [0.2, 0.25) is 0 Å². The monoisotopic (exact) mass is 296 g/mol. The predicted octanol–water partition coefficient (Wildman–Crippen LogP) is 0.573. The number of nitrogens with two attached hydrogens (primary N) is 1. The Kier molecular flexibility index (Phi) is 7.05. The van der Waals surface area contributed by atoms with Crippen LogP contribution in [0.4, 0.5) is 0 Å². The molecule has 0 fully saturated rings. The van der Waals surface area contributed by atoms with Gasteiger partial charge < -0.3 is 15.9 Å². The second kappa shape index (κ2) is 7.22. The number of aliphatic carboxylic acids is 2. The molecule has 0 saturated heterocycles. The lowest BCUT2D eigenvalue weighted by atomic mass is 9.97. The van der Waals surface area contributed by atoms with Gasteiger partial charge in [-0.3, -0.25) is 14.5 Å². The van der Waals surface area contributed by atoms with Gasteiger partial charge in [0.15, 0.2) is 0 Å². The smallest absolute Gasteiger partial charge is 0.324 e. The number of likely N-dealkylation sites (N-methyl/N-ethyl adjacent to an activating group) is 1. The summed E-state index contributed by atoms with van der Waals surface area (Å²) in [6, 6.07) is -0.926. The summed E-state index contributed by atoms with van der Waals surface area (Å²) in [6.07, 6.45) is 0. The molecule has 4 N–H and O–H groups in total. The van der Waals surface area contributed by atoms with Crippen LogP contribution in [0.2, 0.25) is 0 Å². The second-order valence-corrected chi connectivity index (χ2v) is 7.07. The molecule has 0 aromatic heterocycles. The van der Waals surface area contributed by atoms with Gasteiger partial charge in [-0.2, -0.15) is 0 Å². The summed E-state index contributed by atoms with van der Waals surface area (Å²) in [5, 5.41) is 17.7. The van der Waals surface area contributed by atoms with Crippen molar-refractivity contribution in [1.82, 2.24) is 4.90 Å². The molecule has 0 amide bonds. The van der Waals surface area contributed by atoms with Gasteiger partial charge in [-0.15, -0.1) is 0 Å². The Morgan fingerprint density at radius 1 is 1.39 bits per heavy atom. The van der Waals surface area contributed by atoms with Crippen molar-refractivity contribution >= 4 is 33.5 Å². The van der Waals surface area contributed by atoms with Crippen molar-refractivity contribution < 1.29 is 19.8 Å². The average molecular weight is 296 g/mol. The zero-order chi connectivity index (χ0) is 14.5. The minimum atomic E-state index is -1.05. The highest BCUT2D eigenvalue weighted by atomic mass is 33.1. The average Bonchev–Trinajstić information content (AvgIpc) is 2.26. The van der Waals surface area contributed by atoms with Crippen molar-refractivity contribution in [3.05, 3.63) is 0 Å². The van der Waals surface area contributed by atoms with Crippen LogP contribution in [0.15, 0.2) is 0 Å². The van der Waals surface area contributed by atoms with Crippen LogP contribution in [0.25, 0.3) is 0 Å². The molecule has 0 aliphatic heterocycles. The molecule has 0 spiro atoms. The molecule has 2 unspecified atom stereocenters. The molecule has 0 radical (unpaired) electrons. The minimum absolute atomic E-state index is 0.212. The summed E-state index contributed by atoms with van der Waals surface area (Å²) in [5.74, 6) is -1.71. The highest BCUT2D eigenvalue weighted by molar-refractivity contribution is 8.77. The quantitative estimate of drug-likeness (QED) is 0.559. The predicted molar refractivity (Wildman–Crippen MR) is 74.9 cm³/mol. The van der Waals surface area contributed by atoms with Gasteiger partial charge in [-0.25, -0.2) is 0 Å². The Balaban J connectivity index is 4.42. The first kappa shape index (κ1) is 17.6. The standard InChI is InChI=1S/C10H20N2O4S2/c1-6(10(2,9(15)16)12(3)4)18-17-5-7(11)8(13)14/h6-7H,5,11H2,1-4H3,(H,13,14)(H,15,16)/t6?,7?,10-/m0/s1. The molecular formula is C10H20N2O4S2. The van der Waals surface area contributed by atoms with Crippen molar-refractivity contribution in [2.75, 3.05) is 19.8 Å². The molecule has 8 heteroatoms. The maximum atomic E-state index is 11.3. The molecule has 3 atom stereocenters. The van der Waals surface area contributed by atoms with Crippen LogP contribution in [0, 0.1) is 0 Å². The maximum Gasteiger partial charge on any atom is 0.324 e. The molecule has 18 heavy (non-hydrogen) atoms. The number of carbonyl (C=O) groups is 2. The number of carboxylic acid groups (broad SMARTS) is 2. The molecule has 0 bridgehead atoms. The van der Waals surface area contributed by atoms with Crippen LogP contribution in [-0.2, 0) is 9.59 Å². The maximum absolute atomic E-state index is 11.3. The van der Waals surface area contributed by atoms with Crippen LogP contribution < -0.4 is 5.73 Å². The Bertz CT molecular complexity index is 314. The molecule has 0 aliphatic rings. The number of nitrogens with zero attached hydrogens (tertiary/aromatic N) is 1. The lowest BCUT2D eigenvalue weighted by Crippen LogP contribution is -2.54. The highest BCUT2D eigenvalue weighted by Gasteiger charge is 2.41. The summed E-state index contributed by atoms with van der Waals surface area (Å²) in [4.78, 5) is 23.5. The molecule has 0 aromatic carbocycles. The third-order valence-electron chi connectivity index (χ3n) is 2.93. The van der Waals surface area contributed by atoms with E-state index in [0.29, 0.717) is 0 Å². The van der Waals surface area contributed by atoms with Crippen LogP contribution >= 0.6 is 21.6 Å². The van der Waals surface area contributed by atoms with E-state index in [1.807, 2.05) is 0 Å². The number of hydrogen-bond acceptors (Lipinski definition) is 6. The van der Waals surface area contributed by atoms with Gasteiger partial charge in [0, 0.05) is 11.0 Å². The molecule has 0 saturated carbocycles. The lowest BCUT2D eigenvalue weighted by Gasteiger charge is -2.36. The Morgan fingerprint density at radius 2 is 1.89 bits per heavy atom. The Hall–Kier alpha value is -0.440. The van der Waals surface area contributed by atoms with E-state index in [9.17, 15) is 14.7 Å². The van der Waals surface area contributed by atoms with Gasteiger partial charge in [0.05, 0.1) is 0 Å². The summed E-state index contributed by atoms with van der Waals surface area (Å²) in [7, 11) is 6.03. The Morgan fingerprint density at radius 3 is 2.22 bits per heavy atom. The minimum Gasteiger partial charge on any atom is -0.480 e. The van der Waals surface area contributed by atoms with E-state index in [4.69, 9.17) is 10.8 Å². The second-order valence-electron chi connectivity index (χ2n) is 4.31. The van der Waals surface area contributed by atoms with Gasteiger partial charge in [-0.1, -0.05) is 28.5 Å². The molecule has 0 aromatic rings. The number of hydrogen-bond donors (Lipinski definition) is 3. The molecular weight excluding hydrogens is 276 g/mol. The SMILES string of the molecule is CC(SSCC(N)C(=O)O)[C@@](C)(C(=O)O)N(C)C. The van der Waals surface area contributed by atoms with E-state index in [1.165, 1.54) is 21.6 Å². The lowest BCUT2D eigenvalue weighted by molar-refractivity contribution is -0.148. The number of rotatable bonds is 8. The fourth-order valence-electron chi connectivity index (χ4n) is 1.11. The summed E-state index contributed by atoms with van der Waals surface area (Å²) in [6.45, 7) is 3.45. The topological polar surface area (TPSA) is 104 Å². The molecule has 0 aliphatic carbocycles. The van der Waals surface area contributed by atoms with Crippen LogP contribution in [0.1, 0.15) is 13.8 Å². The van der Waals surface area contributed by atoms with Crippen molar-refractivity contribution in [1.29, 1.82) is 0 Å². The highest BCUT2D eigenvalue weighted by Crippen LogP contribution is 2.35. The van der Waals surface area contributed by atoms with Gasteiger partial charge in [0.25, 0.3) is 0 Å². The summed E-state index contributed by atoms with van der Waals surface area (Å²) < 4.78 is 0. The number of carboxylic acids is 2. The third-order valence-corrected chi connectivity index (χ3v) is 5.99. The van der Waals surface area contributed by atoms with Crippen molar-refractivity contribution in [3.8, 4) is 0 Å². The molecule has 0 heterocycles.